The van der Waals surface area contributed by atoms with Crippen LogP contribution in [0.5, 0.6) is 0 Å². The summed E-state index contributed by atoms with van der Waals surface area (Å²) in [5.41, 5.74) is 3.62. The molecule has 5 nitrogen and oxygen atoms in total. The lowest BCUT2D eigenvalue weighted by atomic mass is 10.1. The second-order valence-corrected chi connectivity index (χ2v) is 10.7. The summed E-state index contributed by atoms with van der Waals surface area (Å²) in [6.45, 7) is 12.8. The fraction of sp³-hybridized carbons (Fsp3) is 0.500. The highest BCUT2D eigenvalue weighted by Crippen LogP contribution is 2.32. The van der Waals surface area contributed by atoms with Crippen molar-refractivity contribution in [3.05, 3.63) is 62.9 Å². The molecule has 0 spiro atoms. The average molecular weight is 486 g/mol. The summed E-state index contributed by atoms with van der Waals surface area (Å²) in [6, 6.07) is 12.9. The van der Waals surface area contributed by atoms with E-state index in [9.17, 15) is 0 Å². The van der Waals surface area contributed by atoms with Crippen molar-refractivity contribution in [3.8, 4) is 5.69 Å². The van der Waals surface area contributed by atoms with E-state index in [1.54, 1.807) is 0 Å². The summed E-state index contributed by atoms with van der Waals surface area (Å²) in [6.07, 6.45) is 2.06. The second kappa shape index (κ2) is 11.0. The normalized spacial score (nSPS) is 15.2. The standard InChI is InChI=1S/C26H36ClN5S/c1-5-8-25-24(19-31(20(2)3)18-23-11-7-16-33-23)26(30-14-12-29(4)13-15-30)32(28-25)22-10-6-9-21(27)17-22/h6-7,9-11,16-17,20H,5,8,12-15,18-19H2,1-4H3. The lowest BCUT2D eigenvalue weighted by molar-refractivity contribution is 0.205. The Morgan fingerprint density at radius 1 is 1.09 bits per heavy atom. The molecule has 1 aliphatic rings. The molecule has 1 saturated heterocycles. The molecular formula is C26H36ClN5S. The maximum absolute atomic E-state index is 6.40. The molecule has 0 bridgehead atoms. The van der Waals surface area contributed by atoms with E-state index in [-0.39, 0.29) is 0 Å². The minimum Gasteiger partial charge on any atom is -0.354 e. The van der Waals surface area contributed by atoms with Crippen molar-refractivity contribution in [3.63, 3.8) is 0 Å². The Hall–Kier alpha value is -1.86. The van der Waals surface area contributed by atoms with Gasteiger partial charge in [0.2, 0.25) is 0 Å². The van der Waals surface area contributed by atoms with Crippen molar-refractivity contribution >= 4 is 28.8 Å². The van der Waals surface area contributed by atoms with Crippen molar-refractivity contribution in [2.75, 3.05) is 38.1 Å². The minimum atomic E-state index is 0.441. The Labute approximate surface area is 207 Å². The molecule has 0 aliphatic carbocycles. The first-order valence-electron chi connectivity index (χ1n) is 12.0. The molecule has 0 amide bonds. The molecule has 0 radical (unpaired) electrons. The number of hydrogen-bond acceptors (Lipinski definition) is 5. The monoisotopic (exact) mass is 485 g/mol. The molecule has 0 N–H and O–H groups in total. The lowest BCUT2D eigenvalue weighted by Crippen LogP contribution is -2.45. The molecule has 0 unspecified atom stereocenters. The van der Waals surface area contributed by atoms with Crippen LogP contribution >= 0.6 is 22.9 Å². The number of rotatable bonds is 9. The molecule has 0 atom stereocenters. The van der Waals surface area contributed by atoms with Crippen LogP contribution in [-0.2, 0) is 19.5 Å². The van der Waals surface area contributed by atoms with Gasteiger partial charge in [-0.1, -0.05) is 37.1 Å². The Kier molecular flexibility index (Phi) is 8.12. The van der Waals surface area contributed by atoms with Crippen molar-refractivity contribution in [1.82, 2.24) is 19.6 Å². The molecule has 2 aromatic heterocycles. The number of thiophene rings is 1. The maximum Gasteiger partial charge on any atom is 0.137 e. The van der Waals surface area contributed by atoms with Crippen molar-refractivity contribution in [1.29, 1.82) is 0 Å². The van der Waals surface area contributed by atoms with E-state index in [2.05, 4.69) is 70.8 Å². The minimum absolute atomic E-state index is 0.441. The van der Waals surface area contributed by atoms with E-state index < -0.39 is 0 Å². The summed E-state index contributed by atoms with van der Waals surface area (Å²) in [4.78, 5) is 8.92. The van der Waals surface area contributed by atoms with Crippen LogP contribution in [-0.4, -0.2) is 58.8 Å². The van der Waals surface area contributed by atoms with E-state index in [4.69, 9.17) is 16.7 Å². The van der Waals surface area contributed by atoms with E-state index in [1.165, 1.54) is 22.0 Å². The van der Waals surface area contributed by atoms with Crippen LogP contribution in [0.1, 0.15) is 43.3 Å². The van der Waals surface area contributed by atoms with E-state index in [0.717, 1.165) is 62.8 Å². The molecule has 4 rings (SSSR count). The first kappa shape index (κ1) is 24.3. The first-order valence-corrected chi connectivity index (χ1v) is 13.3. The first-order chi connectivity index (χ1) is 16.0. The molecule has 33 heavy (non-hydrogen) atoms. The van der Waals surface area contributed by atoms with Gasteiger partial charge in [-0.15, -0.1) is 11.3 Å². The highest BCUT2D eigenvalue weighted by molar-refractivity contribution is 7.09. The average Bonchev–Trinajstić information content (AvgIpc) is 3.42. The smallest absolute Gasteiger partial charge is 0.137 e. The molecule has 3 aromatic rings. The molecule has 1 aromatic carbocycles. The van der Waals surface area contributed by atoms with Gasteiger partial charge in [0.05, 0.1) is 11.4 Å². The molecular weight excluding hydrogens is 450 g/mol. The van der Waals surface area contributed by atoms with E-state index in [1.807, 2.05) is 29.5 Å². The van der Waals surface area contributed by atoms with Crippen LogP contribution in [0.3, 0.4) is 0 Å². The van der Waals surface area contributed by atoms with Crippen LogP contribution in [0.4, 0.5) is 5.82 Å². The number of anilines is 1. The predicted molar refractivity (Wildman–Crippen MR) is 141 cm³/mol. The zero-order valence-corrected chi connectivity index (χ0v) is 21.9. The van der Waals surface area contributed by atoms with Crippen LogP contribution in [0.25, 0.3) is 5.69 Å². The van der Waals surface area contributed by atoms with Gasteiger partial charge in [-0.25, -0.2) is 4.68 Å². The number of aryl methyl sites for hydroxylation is 1. The van der Waals surface area contributed by atoms with E-state index >= 15 is 0 Å². The quantitative estimate of drug-likeness (QED) is 0.388. The Balaban J connectivity index is 1.79. The van der Waals surface area contributed by atoms with Crippen LogP contribution < -0.4 is 4.90 Å². The molecule has 1 aliphatic heterocycles. The molecule has 0 saturated carbocycles. The highest BCUT2D eigenvalue weighted by atomic mass is 35.5. The number of nitrogens with zero attached hydrogens (tertiary/aromatic N) is 5. The van der Waals surface area contributed by atoms with Crippen molar-refractivity contribution in [2.45, 2.75) is 52.7 Å². The number of hydrogen-bond donors (Lipinski definition) is 0. The molecule has 178 valence electrons. The van der Waals surface area contributed by atoms with Crippen LogP contribution in [0.15, 0.2) is 41.8 Å². The van der Waals surface area contributed by atoms with E-state index in [0.29, 0.717) is 6.04 Å². The Morgan fingerprint density at radius 2 is 1.88 bits per heavy atom. The highest BCUT2D eigenvalue weighted by Gasteiger charge is 2.27. The van der Waals surface area contributed by atoms with Gasteiger partial charge in [-0.2, -0.15) is 5.10 Å². The van der Waals surface area contributed by atoms with Gasteiger partial charge in [0.1, 0.15) is 5.82 Å². The van der Waals surface area contributed by atoms with Crippen molar-refractivity contribution in [2.24, 2.45) is 0 Å². The molecule has 7 heteroatoms. The second-order valence-electron chi connectivity index (χ2n) is 9.26. The Bertz CT molecular complexity index is 1020. The summed E-state index contributed by atoms with van der Waals surface area (Å²) in [5, 5.41) is 8.11. The molecule has 1 fully saturated rings. The SMILES string of the molecule is CCCc1nn(-c2cccc(Cl)c2)c(N2CCN(C)CC2)c1CN(Cc1cccs1)C(C)C. The van der Waals surface area contributed by atoms with Crippen LogP contribution in [0, 0.1) is 0 Å². The van der Waals surface area contributed by atoms with Crippen LogP contribution in [0.2, 0.25) is 5.02 Å². The predicted octanol–water partition coefficient (Wildman–Crippen LogP) is 5.70. The summed E-state index contributed by atoms with van der Waals surface area (Å²) in [7, 11) is 2.20. The van der Waals surface area contributed by atoms with Gasteiger partial charge >= 0.3 is 0 Å². The lowest BCUT2D eigenvalue weighted by Gasteiger charge is -2.35. The third-order valence-corrected chi connectivity index (χ3v) is 7.51. The maximum atomic E-state index is 6.40. The van der Waals surface area contributed by atoms with Gasteiger partial charge in [0, 0.05) is 60.8 Å². The number of likely N-dealkylation sites (N-methyl/N-ethyl adjacent to an activating group) is 1. The van der Waals surface area contributed by atoms with Gasteiger partial charge in [0.15, 0.2) is 0 Å². The zero-order valence-electron chi connectivity index (χ0n) is 20.3. The summed E-state index contributed by atoms with van der Waals surface area (Å²) in [5.74, 6) is 1.24. The number of halogens is 1. The van der Waals surface area contributed by atoms with Gasteiger partial charge in [-0.3, -0.25) is 4.90 Å². The summed E-state index contributed by atoms with van der Waals surface area (Å²) < 4.78 is 2.15. The summed E-state index contributed by atoms with van der Waals surface area (Å²) >= 11 is 8.23. The largest absolute Gasteiger partial charge is 0.354 e. The number of aromatic nitrogens is 2. The number of benzene rings is 1. The number of piperazine rings is 1. The van der Waals surface area contributed by atoms with Gasteiger partial charge in [0.25, 0.3) is 0 Å². The zero-order chi connectivity index (χ0) is 23.4. The topological polar surface area (TPSA) is 27.5 Å². The van der Waals surface area contributed by atoms with Gasteiger partial charge in [-0.05, 0) is 57.0 Å². The van der Waals surface area contributed by atoms with Gasteiger partial charge < -0.3 is 9.80 Å². The fourth-order valence-electron chi connectivity index (χ4n) is 4.44. The third kappa shape index (κ3) is 5.80. The fourth-order valence-corrected chi connectivity index (χ4v) is 5.36. The third-order valence-electron chi connectivity index (χ3n) is 6.41. The Morgan fingerprint density at radius 3 is 2.52 bits per heavy atom. The van der Waals surface area contributed by atoms with Crippen molar-refractivity contribution < 1.29 is 0 Å². The molecule has 3 heterocycles.